The third kappa shape index (κ3) is 6.06. The van der Waals surface area contributed by atoms with Gasteiger partial charge >= 0.3 is 0 Å². The van der Waals surface area contributed by atoms with Crippen molar-refractivity contribution >= 4 is 46.6 Å². The van der Waals surface area contributed by atoms with Crippen molar-refractivity contribution in [3.05, 3.63) is 5.82 Å². The second-order valence-electron chi connectivity index (χ2n) is 5.98. The lowest BCUT2D eigenvalue weighted by atomic mass is 10.1. The van der Waals surface area contributed by atoms with Gasteiger partial charge in [0.05, 0.1) is 0 Å². The summed E-state index contributed by atoms with van der Waals surface area (Å²) in [5.41, 5.74) is 0. The molecule has 0 amide bonds. The highest BCUT2D eigenvalue weighted by Crippen LogP contribution is 2.19. The van der Waals surface area contributed by atoms with Gasteiger partial charge in [0.2, 0.25) is 5.13 Å². The first-order valence-electron chi connectivity index (χ1n) is 8.17. The first-order valence-corrected chi connectivity index (χ1v) is 8.94. The van der Waals surface area contributed by atoms with Gasteiger partial charge in [-0.3, -0.25) is 4.99 Å². The second kappa shape index (κ2) is 10.3. The number of anilines is 1. The molecule has 23 heavy (non-hydrogen) atoms. The van der Waals surface area contributed by atoms with Crippen molar-refractivity contribution in [3.8, 4) is 0 Å². The second-order valence-corrected chi connectivity index (χ2v) is 6.71. The zero-order chi connectivity index (χ0) is 15.9. The quantitative estimate of drug-likeness (QED) is 0.423. The summed E-state index contributed by atoms with van der Waals surface area (Å²) >= 11 is 1.51. The summed E-state index contributed by atoms with van der Waals surface area (Å²) in [4.78, 5) is 13.7. The fraction of sp³-hybridized carbons (Fsp3) is 0.800. The molecule has 2 heterocycles. The molecule has 0 aliphatic carbocycles. The van der Waals surface area contributed by atoms with E-state index in [4.69, 9.17) is 0 Å². The molecule has 6 nitrogen and oxygen atoms in total. The molecule has 1 N–H and O–H groups in total. The van der Waals surface area contributed by atoms with Gasteiger partial charge in [0.1, 0.15) is 5.82 Å². The summed E-state index contributed by atoms with van der Waals surface area (Å²) in [5.74, 6) is 2.69. The number of guanidine groups is 1. The van der Waals surface area contributed by atoms with Crippen molar-refractivity contribution in [3.63, 3.8) is 0 Å². The number of halogens is 1. The zero-order valence-electron chi connectivity index (χ0n) is 14.6. The highest BCUT2D eigenvalue weighted by molar-refractivity contribution is 14.0. The van der Waals surface area contributed by atoms with Crippen LogP contribution in [0.15, 0.2) is 4.99 Å². The zero-order valence-corrected chi connectivity index (χ0v) is 17.7. The molecule has 1 aromatic rings. The first kappa shape index (κ1) is 20.4. The van der Waals surface area contributed by atoms with E-state index in [9.17, 15) is 0 Å². The Kier molecular flexibility index (Phi) is 9.11. The van der Waals surface area contributed by atoms with Crippen molar-refractivity contribution in [1.82, 2.24) is 19.6 Å². The fourth-order valence-corrected chi connectivity index (χ4v) is 3.23. The molecular formula is C15H29IN6S. The number of hydrogen-bond donors (Lipinski definition) is 1. The minimum Gasteiger partial charge on any atom is -0.356 e. The predicted octanol–water partition coefficient (Wildman–Crippen LogP) is 2.46. The molecule has 0 saturated carbocycles. The van der Waals surface area contributed by atoms with Crippen LogP contribution in [0.5, 0.6) is 0 Å². The SMILES string of the molecule is CCc1nsc(N2CCN(C(=NC)NCCC(C)C)CC2)n1.I. The maximum atomic E-state index is 4.58. The normalized spacial score (nSPS) is 15.8. The van der Waals surface area contributed by atoms with E-state index in [1.165, 1.54) is 18.0 Å². The molecule has 0 unspecified atom stereocenters. The van der Waals surface area contributed by atoms with Crippen molar-refractivity contribution in [2.45, 2.75) is 33.6 Å². The smallest absolute Gasteiger partial charge is 0.205 e. The Hall–Kier alpha value is -0.640. The molecule has 8 heteroatoms. The van der Waals surface area contributed by atoms with Crippen LogP contribution in [0.3, 0.4) is 0 Å². The molecule has 1 aromatic heterocycles. The molecule has 132 valence electrons. The molecule has 1 saturated heterocycles. The standard InChI is InChI=1S/C15H28N6S.HI/c1-5-13-18-15(22-19-13)21-10-8-20(9-11-21)14(16-4)17-7-6-12(2)3;/h12H,5-11H2,1-4H3,(H,16,17);1H. The van der Waals surface area contributed by atoms with Crippen LogP contribution in [-0.2, 0) is 6.42 Å². The van der Waals surface area contributed by atoms with E-state index < -0.39 is 0 Å². The summed E-state index contributed by atoms with van der Waals surface area (Å²) in [6, 6.07) is 0. The number of hydrogen-bond acceptors (Lipinski definition) is 5. The number of nitrogens with one attached hydrogen (secondary N) is 1. The lowest BCUT2D eigenvalue weighted by Crippen LogP contribution is -2.52. The van der Waals surface area contributed by atoms with Gasteiger partial charge < -0.3 is 15.1 Å². The predicted molar refractivity (Wildman–Crippen MR) is 109 cm³/mol. The molecule has 1 fully saturated rings. The minimum atomic E-state index is 0. The minimum absolute atomic E-state index is 0. The van der Waals surface area contributed by atoms with E-state index in [0.29, 0.717) is 5.92 Å². The van der Waals surface area contributed by atoms with Crippen LogP contribution in [0.1, 0.15) is 33.0 Å². The molecule has 0 radical (unpaired) electrons. The van der Waals surface area contributed by atoms with Crippen LogP contribution in [0, 0.1) is 5.92 Å². The molecule has 0 aromatic carbocycles. The van der Waals surface area contributed by atoms with Gasteiger partial charge in [-0.25, -0.2) is 4.98 Å². The number of aromatic nitrogens is 2. The summed E-state index contributed by atoms with van der Waals surface area (Å²) in [5, 5.41) is 4.53. The number of aliphatic imine (C=N–C) groups is 1. The Morgan fingerprint density at radius 3 is 2.52 bits per heavy atom. The Labute approximate surface area is 160 Å². The topological polar surface area (TPSA) is 56.7 Å². The molecule has 1 aliphatic heterocycles. The Morgan fingerprint density at radius 2 is 2.00 bits per heavy atom. The van der Waals surface area contributed by atoms with Gasteiger partial charge in [0.25, 0.3) is 0 Å². The number of nitrogens with zero attached hydrogens (tertiary/aromatic N) is 5. The van der Waals surface area contributed by atoms with E-state index in [-0.39, 0.29) is 24.0 Å². The average molecular weight is 452 g/mol. The molecule has 2 rings (SSSR count). The van der Waals surface area contributed by atoms with Gasteiger partial charge in [0.15, 0.2) is 5.96 Å². The van der Waals surface area contributed by atoms with E-state index in [2.05, 4.69) is 50.2 Å². The molecule has 0 bridgehead atoms. The van der Waals surface area contributed by atoms with Crippen LogP contribution >= 0.6 is 35.5 Å². The maximum Gasteiger partial charge on any atom is 0.205 e. The Morgan fingerprint density at radius 1 is 1.30 bits per heavy atom. The van der Waals surface area contributed by atoms with Gasteiger partial charge in [-0.15, -0.1) is 24.0 Å². The molecule has 1 aliphatic rings. The van der Waals surface area contributed by atoms with E-state index in [1.807, 2.05) is 7.05 Å². The van der Waals surface area contributed by atoms with E-state index in [1.54, 1.807) is 0 Å². The summed E-state index contributed by atoms with van der Waals surface area (Å²) < 4.78 is 4.38. The lowest BCUT2D eigenvalue weighted by molar-refractivity contribution is 0.371. The summed E-state index contributed by atoms with van der Waals surface area (Å²) in [7, 11) is 1.86. The van der Waals surface area contributed by atoms with Crippen molar-refractivity contribution < 1.29 is 0 Å². The molecule has 0 spiro atoms. The number of piperazine rings is 1. The fourth-order valence-electron chi connectivity index (χ4n) is 2.43. The van der Waals surface area contributed by atoms with Crippen LogP contribution in [0.2, 0.25) is 0 Å². The number of rotatable bonds is 5. The van der Waals surface area contributed by atoms with Crippen molar-refractivity contribution in [2.75, 3.05) is 44.7 Å². The van der Waals surface area contributed by atoms with Crippen LogP contribution < -0.4 is 10.2 Å². The third-order valence-corrected chi connectivity index (χ3v) is 4.65. The van der Waals surface area contributed by atoms with Crippen molar-refractivity contribution in [2.24, 2.45) is 10.9 Å². The first-order chi connectivity index (χ1) is 10.6. The van der Waals surface area contributed by atoms with E-state index >= 15 is 0 Å². The monoisotopic (exact) mass is 452 g/mol. The van der Waals surface area contributed by atoms with Crippen molar-refractivity contribution in [1.29, 1.82) is 0 Å². The van der Waals surface area contributed by atoms with Gasteiger partial charge in [-0.1, -0.05) is 20.8 Å². The highest BCUT2D eigenvalue weighted by atomic mass is 127. The van der Waals surface area contributed by atoms with Gasteiger partial charge in [0, 0.05) is 57.7 Å². The Bertz CT molecular complexity index is 482. The Balaban J connectivity index is 0.00000264. The third-order valence-electron chi connectivity index (χ3n) is 3.84. The summed E-state index contributed by atoms with van der Waals surface area (Å²) in [6.45, 7) is 11.5. The lowest BCUT2D eigenvalue weighted by Gasteiger charge is -2.36. The average Bonchev–Trinajstić information content (AvgIpc) is 3.01. The van der Waals surface area contributed by atoms with Gasteiger partial charge in [-0.2, -0.15) is 4.37 Å². The van der Waals surface area contributed by atoms with E-state index in [0.717, 1.165) is 56.1 Å². The summed E-state index contributed by atoms with van der Waals surface area (Å²) in [6.07, 6.45) is 2.08. The van der Waals surface area contributed by atoms with Crippen LogP contribution in [0.4, 0.5) is 5.13 Å². The van der Waals surface area contributed by atoms with Crippen LogP contribution in [-0.4, -0.2) is 60.0 Å². The van der Waals surface area contributed by atoms with Crippen LogP contribution in [0.25, 0.3) is 0 Å². The number of aryl methyl sites for hydroxylation is 1. The highest BCUT2D eigenvalue weighted by Gasteiger charge is 2.21. The van der Waals surface area contributed by atoms with Gasteiger partial charge in [-0.05, 0) is 12.3 Å². The maximum absolute atomic E-state index is 4.58. The molecular weight excluding hydrogens is 423 g/mol. The molecule has 0 atom stereocenters. The largest absolute Gasteiger partial charge is 0.356 e.